The highest BCUT2D eigenvalue weighted by molar-refractivity contribution is 5.93. The van der Waals surface area contributed by atoms with E-state index in [0.717, 1.165) is 18.4 Å². The quantitative estimate of drug-likeness (QED) is 0.470. The first kappa shape index (κ1) is 30.1. The number of rotatable bonds is 9. The van der Waals surface area contributed by atoms with Crippen LogP contribution in [-0.2, 0) is 30.3 Å². The lowest BCUT2D eigenvalue weighted by Gasteiger charge is -2.41. The lowest BCUT2D eigenvalue weighted by Crippen LogP contribution is -2.62. The van der Waals surface area contributed by atoms with Crippen molar-refractivity contribution in [3.8, 4) is 0 Å². The molecule has 1 aliphatic carbocycles. The SMILES string of the molecule is COC(=O)[C@H](Cc1ccccc1)N(C(=O)[C@@H](NC(=O)OC(C)(C)C)C(C(=O)O)C(C)(C)C)C1CCCC1. The molecule has 1 aromatic rings. The summed E-state index contributed by atoms with van der Waals surface area (Å²) in [7, 11) is 1.27. The second-order valence-electron chi connectivity index (χ2n) is 11.7. The minimum absolute atomic E-state index is 0.197. The number of benzene rings is 1. The van der Waals surface area contributed by atoms with E-state index in [1.165, 1.54) is 12.0 Å². The minimum atomic E-state index is -1.46. The molecule has 9 heteroatoms. The van der Waals surface area contributed by atoms with Gasteiger partial charge in [0.1, 0.15) is 17.7 Å². The number of carboxylic acid groups (broad SMARTS) is 1. The summed E-state index contributed by atoms with van der Waals surface area (Å²) in [6.45, 7) is 10.1. The molecule has 1 fully saturated rings. The summed E-state index contributed by atoms with van der Waals surface area (Å²) in [6.07, 6.45) is 2.38. The maximum absolute atomic E-state index is 14.4. The number of hydrogen-bond acceptors (Lipinski definition) is 6. The Hall–Kier alpha value is -3.10. The van der Waals surface area contributed by atoms with Crippen LogP contribution >= 0.6 is 0 Å². The molecule has 1 unspecified atom stereocenters. The molecule has 0 heterocycles. The van der Waals surface area contributed by atoms with Crippen molar-refractivity contribution >= 4 is 23.9 Å². The maximum Gasteiger partial charge on any atom is 0.408 e. The second-order valence-corrected chi connectivity index (χ2v) is 11.7. The molecule has 1 aliphatic rings. The molecular weight excluding hydrogens is 476 g/mol. The number of hydrogen-bond donors (Lipinski definition) is 2. The third kappa shape index (κ3) is 8.47. The Labute approximate surface area is 219 Å². The van der Waals surface area contributed by atoms with Gasteiger partial charge in [0.15, 0.2) is 0 Å². The van der Waals surface area contributed by atoms with E-state index in [4.69, 9.17) is 9.47 Å². The lowest BCUT2D eigenvalue weighted by molar-refractivity contribution is -0.160. The normalized spacial score (nSPS) is 16.8. The monoisotopic (exact) mass is 518 g/mol. The molecule has 0 aliphatic heterocycles. The van der Waals surface area contributed by atoms with Gasteiger partial charge in [-0.2, -0.15) is 0 Å². The Morgan fingerprint density at radius 3 is 2.05 bits per heavy atom. The Kier molecular flexibility index (Phi) is 10.1. The molecule has 9 nitrogen and oxygen atoms in total. The molecule has 0 aromatic heterocycles. The Morgan fingerprint density at radius 1 is 1.03 bits per heavy atom. The first-order chi connectivity index (χ1) is 17.2. The van der Waals surface area contributed by atoms with Gasteiger partial charge in [0, 0.05) is 12.5 Å². The zero-order valence-electron chi connectivity index (χ0n) is 23.1. The summed E-state index contributed by atoms with van der Waals surface area (Å²) >= 11 is 0. The van der Waals surface area contributed by atoms with Crippen molar-refractivity contribution in [1.29, 1.82) is 0 Å². The number of methoxy groups -OCH3 is 1. The van der Waals surface area contributed by atoms with E-state index < -0.39 is 53.0 Å². The standard InChI is InChI=1S/C28H42N2O7/c1-27(2,3)21(24(32)33)22(29-26(35)37-28(4,5)6)23(31)30(19-15-11-12-16-19)20(25(34)36-7)17-18-13-9-8-10-14-18/h8-10,13-14,19-22H,11-12,15-17H2,1-7H3,(H,29,35)(H,32,33)/t20-,21?,22-/m0/s1. The fourth-order valence-electron chi connectivity index (χ4n) is 4.93. The summed E-state index contributed by atoms with van der Waals surface area (Å²) in [4.78, 5) is 54.3. The molecule has 0 saturated heterocycles. The van der Waals surface area contributed by atoms with Crippen LogP contribution in [0, 0.1) is 11.3 Å². The van der Waals surface area contributed by atoms with Crippen LogP contribution in [0.4, 0.5) is 4.79 Å². The molecule has 37 heavy (non-hydrogen) atoms. The predicted molar refractivity (Wildman–Crippen MR) is 139 cm³/mol. The topological polar surface area (TPSA) is 122 Å². The van der Waals surface area contributed by atoms with Gasteiger partial charge >= 0.3 is 18.0 Å². The van der Waals surface area contributed by atoms with Crippen molar-refractivity contribution in [3.63, 3.8) is 0 Å². The number of carboxylic acids is 1. The Morgan fingerprint density at radius 2 is 1.59 bits per heavy atom. The molecule has 206 valence electrons. The summed E-state index contributed by atoms with van der Waals surface area (Å²) in [5.41, 5.74) is -0.927. The van der Waals surface area contributed by atoms with Crippen molar-refractivity contribution < 1.29 is 33.8 Å². The van der Waals surface area contributed by atoms with Crippen molar-refractivity contribution in [2.24, 2.45) is 11.3 Å². The van der Waals surface area contributed by atoms with E-state index >= 15 is 0 Å². The molecule has 2 amide bonds. The van der Waals surface area contributed by atoms with Crippen LogP contribution in [0.2, 0.25) is 0 Å². The van der Waals surface area contributed by atoms with Crippen molar-refractivity contribution in [3.05, 3.63) is 35.9 Å². The van der Waals surface area contributed by atoms with Crippen LogP contribution in [0.5, 0.6) is 0 Å². The number of nitrogens with zero attached hydrogens (tertiary/aromatic N) is 1. The highest BCUT2D eigenvalue weighted by Gasteiger charge is 2.48. The highest BCUT2D eigenvalue weighted by Crippen LogP contribution is 2.33. The van der Waals surface area contributed by atoms with Gasteiger partial charge in [0.2, 0.25) is 5.91 Å². The zero-order chi connectivity index (χ0) is 28.0. The number of esters is 1. The summed E-state index contributed by atoms with van der Waals surface area (Å²) in [6, 6.07) is 6.53. The highest BCUT2D eigenvalue weighted by atomic mass is 16.6. The number of nitrogens with one attached hydrogen (secondary N) is 1. The number of aliphatic carboxylic acids is 1. The van der Waals surface area contributed by atoms with Gasteiger partial charge in [-0.05, 0) is 44.6 Å². The van der Waals surface area contributed by atoms with E-state index in [1.807, 2.05) is 30.3 Å². The number of carbonyl (C=O) groups is 4. The minimum Gasteiger partial charge on any atom is -0.481 e. The average Bonchev–Trinajstić information content (AvgIpc) is 3.30. The third-order valence-corrected chi connectivity index (χ3v) is 6.52. The van der Waals surface area contributed by atoms with Gasteiger partial charge < -0.3 is 24.8 Å². The van der Waals surface area contributed by atoms with Crippen molar-refractivity contribution in [1.82, 2.24) is 10.2 Å². The van der Waals surface area contributed by atoms with Crippen LogP contribution in [-0.4, -0.2) is 64.8 Å². The van der Waals surface area contributed by atoms with Crippen LogP contribution in [0.3, 0.4) is 0 Å². The fraction of sp³-hybridized carbons (Fsp3) is 0.643. The Bertz CT molecular complexity index is 944. The van der Waals surface area contributed by atoms with Crippen LogP contribution < -0.4 is 5.32 Å². The largest absolute Gasteiger partial charge is 0.481 e. The van der Waals surface area contributed by atoms with Crippen LogP contribution in [0.1, 0.15) is 72.8 Å². The van der Waals surface area contributed by atoms with E-state index in [-0.39, 0.29) is 12.5 Å². The molecule has 1 aromatic carbocycles. The average molecular weight is 519 g/mol. The number of carbonyl (C=O) groups excluding carboxylic acids is 3. The summed E-state index contributed by atoms with van der Waals surface area (Å²) in [5, 5.41) is 12.8. The number of amides is 2. The molecule has 0 spiro atoms. The first-order valence-corrected chi connectivity index (χ1v) is 12.8. The summed E-state index contributed by atoms with van der Waals surface area (Å²) in [5.74, 6) is -3.74. The van der Waals surface area contributed by atoms with Gasteiger partial charge in [-0.25, -0.2) is 9.59 Å². The predicted octanol–water partition coefficient (Wildman–Crippen LogP) is 4.18. The first-order valence-electron chi connectivity index (χ1n) is 12.8. The van der Waals surface area contributed by atoms with Gasteiger partial charge in [0.25, 0.3) is 0 Å². The third-order valence-electron chi connectivity index (χ3n) is 6.52. The van der Waals surface area contributed by atoms with Gasteiger partial charge in [0.05, 0.1) is 13.0 Å². The van der Waals surface area contributed by atoms with Gasteiger partial charge in [-0.3, -0.25) is 9.59 Å². The van der Waals surface area contributed by atoms with Crippen molar-refractivity contribution in [2.75, 3.05) is 7.11 Å². The molecule has 3 atom stereocenters. The van der Waals surface area contributed by atoms with E-state index in [2.05, 4.69) is 5.32 Å². The van der Waals surface area contributed by atoms with Gasteiger partial charge in [-0.15, -0.1) is 0 Å². The maximum atomic E-state index is 14.4. The molecule has 1 saturated carbocycles. The molecule has 0 radical (unpaired) electrons. The molecular formula is C28H42N2O7. The molecule has 2 N–H and O–H groups in total. The van der Waals surface area contributed by atoms with Crippen LogP contribution in [0.15, 0.2) is 30.3 Å². The number of ether oxygens (including phenoxy) is 2. The second kappa shape index (κ2) is 12.4. The Balaban J connectivity index is 2.60. The molecule has 0 bridgehead atoms. The fourth-order valence-corrected chi connectivity index (χ4v) is 4.93. The number of alkyl carbamates (subject to hydrolysis) is 1. The van der Waals surface area contributed by atoms with Crippen molar-refractivity contribution in [2.45, 2.75) is 97.4 Å². The smallest absolute Gasteiger partial charge is 0.408 e. The zero-order valence-corrected chi connectivity index (χ0v) is 23.1. The van der Waals surface area contributed by atoms with Crippen LogP contribution in [0.25, 0.3) is 0 Å². The lowest BCUT2D eigenvalue weighted by atomic mass is 9.75. The van der Waals surface area contributed by atoms with Gasteiger partial charge in [-0.1, -0.05) is 63.9 Å². The summed E-state index contributed by atoms with van der Waals surface area (Å²) < 4.78 is 10.5. The van der Waals surface area contributed by atoms with E-state index in [1.54, 1.807) is 41.5 Å². The van der Waals surface area contributed by atoms with E-state index in [0.29, 0.717) is 12.8 Å². The molecule has 2 rings (SSSR count). The van der Waals surface area contributed by atoms with E-state index in [9.17, 15) is 24.3 Å².